The number of benzene rings is 2. The number of hydrogen-bond donors (Lipinski definition) is 0. The molecule has 8 unspecified atom stereocenters. The molecule has 8 atom stereocenters. The highest BCUT2D eigenvalue weighted by Gasteiger charge is 2.51. The minimum atomic E-state index is -3.29. The van der Waals surface area contributed by atoms with Gasteiger partial charge in [0.15, 0.2) is 0 Å². The molecule has 56 heavy (non-hydrogen) atoms. The Hall–Kier alpha value is -0.886. The number of para-hydroxylation sites is 2. The zero-order valence-corrected chi connectivity index (χ0v) is 41.1. The molecule has 0 fully saturated rings. The molecule has 0 radical (unpaired) electrons. The molecule has 4 rings (SSSR count). The first-order valence-electron chi connectivity index (χ1n) is 20.9. The molecular formula is C42H68N2O6S4Si2. The van der Waals surface area contributed by atoms with Crippen LogP contribution in [-0.4, -0.2) is 64.2 Å². The Morgan fingerprint density at radius 3 is 0.982 bits per heavy atom. The van der Waals surface area contributed by atoms with Crippen molar-refractivity contribution in [2.75, 3.05) is 0 Å². The van der Waals surface area contributed by atoms with Crippen molar-refractivity contribution in [3.63, 3.8) is 0 Å². The summed E-state index contributed by atoms with van der Waals surface area (Å²) >= 11 is 3.50. The normalized spacial score (nSPS) is 18.9. The van der Waals surface area contributed by atoms with Gasteiger partial charge < -0.3 is 26.6 Å². The van der Waals surface area contributed by atoms with Gasteiger partial charge in [-0.05, 0) is 104 Å². The molecule has 0 saturated carbocycles. The third-order valence-corrected chi connectivity index (χ3v) is 22.7. The van der Waals surface area contributed by atoms with E-state index in [0.717, 1.165) is 59.6 Å². The monoisotopic (exact) mass is 880 g/mol. The van der Waals surface area contributed by atoms with E-state index >= 15 is 0 Å². The van der Waals surface area contributed by atoms with Crippen LogP contribution in [0, 0.1) is 0 Å². The number of nitrogens with zero attached hydrogens (tertiary/aromatic N) is 2. The maximum Gasteiger partial charge on any atom is 0.503 e. The lowest BCUT2D eigenvalue weighted by atomic mass is 10.3. The van der Waals surface area contributed by atoms with Crippen LogP contribution in [0.25, 0.3) is 20.4 Å². The van der Waals surface area contributed by atoms with Gasteiger partial charge in [-0.1, -0.05) is 87.4 Å². The highest BCUT2D eigenvalue weighted by molar-refractivity contribution is 8.76. The third-order valence-electron chi connectivity index (χ3n) is 10.1. The van der Waals surface area contributed by atoms with E-state index in [9.17, 15) is 0 Å². The second-order valence-corrected chi connectivity index (χ2v) is 24.8. The lowest BCUT2D eigenvalue weighted by molar-refractivity contribution is -0.0118. The Morgan fingerprint density at radius 1 is 0.464 bits per heavy atom. The van der Waals surface area contributed by atoms with Crippen LogP contribution in [0.3, 0.4) is 0 Å². The van der Waals surface area contributed by atoms with Gasteiger partial charge in [0, 0.05) is 48.7 Å². The van der Waals surface area contributed by atoms with E-state index < -0.39 is 17.6 Å². The SMILES string of the molecule is CCC(C)O[Si](CC(SSC(C[Si](OC(C)CC)(OC(C)CC)OC(C)CC)c1nc2ccccc2s1)c1nc2ccccc2s1)(OC(C)CC)OC(C)CC. The maximum absolute atomic E-state index is 7.02. The van der Waals surface area contributed by atoms with Gasteiger partial charge in [0.1, 0.15) is 10.0 Å². The first-order chi connectivity index (χ1) is 26.8. The Balaban J connectivity index is 1.86. The molecule has 8 nitrogen and oxygen atoms in total. The standard InChI is InChI=1S/C42H68N2O6S4Si2/c1-13-29(7)45-55(46-30(8)14-2,47-31(9)15-3)27-39(41-43-35-23-19-21-25-37(35)51-41)53-54-40(42-44-36-24-20-22-26-38(36)52-42)28-56(48-32(10)16-4,49-33(11)17-5)50-34(12)18-6/h19-26,29-34,39-40H,13-18,27-28H2,1-12H3. The summed E-state index contributed by atoms with van der Waals surface area (Å²) in [5, 5.41) is 1.91. The first-order valence-corrected chi connectivity index (χ1v) is 28.7. The fraction of sp³-hybridized carbons (Fsp3) is 0.667. The quantitative estimate of drug-likeness (QED) is 0.0427. The van der Waals surface area contributed by atoms with Crippen LogP contribution in [0.4, 0.5) is 0 Å². The predicted octanol–water partition coefficient (Wildman–Crippen LogP) is 13.8. The largest absolute Gasteiger partial charge is 0.503 e. The van der Waals surface area contributed by atoms with Crippen molar-refractivity contribution < 1.29 is 26.6 Å². The molecule has 14 heteroatoms. The van der Waals surface area contributed by atoms with Crippen molar-refractivity contribution in [3.05, 3.63) is 58.5 Å². The first kappa shape index (κ1) is 47.8. The fourth-order valence-corrected chi connectivity index (χ4v) is 20.7. The van der Waals surface area contributed by atoms with E-state index in [1.807, 2.05) is 21.6 Å². The predicted molar refractivity (Wildman–Crippen MR) is 246 cm³/mol. The van der Waals surface area contributed by atoms with Gasteiger partial charge in [0.25, 0.3) is 0 Å². The van der Waals surface area contributed by atoms with E-state index in [1.165, 1.54) is 9.40 Å². The fourth-order valence-electron chi connectivity index (χ4n) is 5.76. The van der Waals surface area contributed by atoms with E-state index in [-0.39, 0.29) is 47.1 Å². The van der Waals surface area contributed by atoms with Crippen molar-refractivity contribution in [3.8, 4) is 0 Å². The molecule has 0 amide bonds. The molecule has 314 valence electrons. The number of fused-ring (bicyclic) bond motifs is 2. The second-order valence-electron chi connectivity index (χ2n) is 15.0. The van der Waals surface area contributed by atoms with Gasteiger partial charge in [-0.3, -0.25) is 0 Å². The van der Waals surface area contributed by atoms with Crippen LogP contribution in [0.1, 0.15) is 142 Å². The number of aromatic nitrogens is 2. The van der Waals surface area contributed by atoms with Gasteiger partial charge in [-0.15, -0.1) is 22.7 Å². The molecule has 0 bridgehead atoms. The lowest BCUT2D eigenvalue weighted by Crippen LogP contribution is -2.52. The Labute approximate surface area is 356 Å². The molecule has 0 aliphatic heterocycles. The zero-order chi connectivity index (χ0) is 40.9. The third kappa shape index (κ3) is 13.8. The smallest absolute Gasteiger partial charge is 0.371 e. The molecule has 2 aromatic carbocycles. The van der Waals surface area contributed by atoms with Gasteiger partial charge in [-0.25, -0.2) is 9.97 Å². The minimum absolute atomic E-state index is 0.0151. The van der Waals surface area contributed by atoms with Crippen LogP contribution in [-0.2, 0) is 26.6 Å². The van der Waals surface area contributed by atoms with E-state index in [4.69, 9.17) is 36.5 Å². The summed E-state index contributed by atoms with van der Waals surface area (Å²) in [6, 6.07) is 18.0. The molecule has 2 heterocycles. The van der Waals surface area contributed by atoms with Crippen LogP contribution in [0.2, 0.25) is 12.1 Å². The van der Waals surface area contributed by atoms with Crippen LogP contribution in [0.5, 0.6) is 0 Å². The summed E-state index contributed by atoms with van der Waals surface area (Å²) in [7, 11) is -2.93. The molecule has 0 spiro atoms. The lowest BCUT2D eigenvalue weighted by Gasteiger charge is -2.38. The van der Waals surface area contributed by atoms with E-state index in [0.29, 0.717) is 12.1 Å². The zero-order valence-electron chi connectivity index (χ0n) is 35.9. The molecule has 4 aromatic rings. The molecular weight excluding hydrogens is 813 g/mol. The number of hydrogen-bond acceptors (Lipinski definition) is 12. The van der Waals surface area contributed by atoms with E-state index in [1.54, 1.807) is 22.7 Å². The van der Waals surface area contributed by atoms with Gasteiger partial charge >= 0.3 is 17.6 Å². The molecule has 0 saturated heterocycles. The van der Waals surface area contributed by atoms with Crippen molar-refractivity contribution in [2.24, 2.45) is 0 Å². The van der Waals surface area contributed by atoms with Crippen molar-refractivity contribution in [1.29, 1.82) is 0 Å². The van der Waals surface area contributed by atoms with Crippen molar-refractivity contribution in [1.82, 2.24) is 9.97 Å². The summed E-state index contributed by atoms with van der Waals surface area (Å²) in [4.78, 5) is 10.5. The number of rotatable bonds is 27. The molecule has 0 aliphatic rings. The average molecular weight is 881 g/mol. The van der Waals surface area contributed by atoms with Crippen LogP contribution < -0.4 is 0 Å². The summed E-state index contributed by atoms with van der Waals surface area (Å²) in [5.41, 5.74) is 2.01. The molecule has 0 aliphatic carbocycles. The second kappa shape index (κ2) is 23.2. The summed E-state index contributed by atoms with van der Waals surface area (Å²) in [6.45, 7) is 25.8. The average Bonchev–Trinajstić information content (AvgIpc) is 3.83. The molecule has 2 aromatic heterocycles. The van der Waals surface area contributed by atoms with Crippen LogP contribution in [0.15, 0.2) is 48.5 Å². The summed E-state index contributed by atoms with van der Waals surface area (Å²) in [5.74, 6) is 0. The minimum Gasteiger partial charge on any atom is -0.371 e. The van der Waals surface area contributed by atoms with Crippen molar-refractivity contribution >= 4 is 82.3 Å². The highest BCUT2D eigenvalue weighted by Crippen LogP contribution is 2.54. The Kier molecular flexibility index (Phi) is 19.8. The van der Waals surface area contributed by atoms with Gasteiger partial charge in [0.05, 0.1) is 30.9 Å². The Bertz CT molecular complexity index is 1480. The van der Waals surface area contributed by atoms with Gasteiger partial charge in [-0.2, -0.15) is 0 Å². The molecule has 0 N–H and O–H groups in total. The maximum atomic E-state index is 7.02. The van der Waals surface area contributed by atoms with Crippen molar-refractivity contribution in [2.45, 2.75) is 181 Å². The summed E-state index contributed by atoms with van der Waals surface area (Å²) in [6.07, 6.45) is 5.11. The van der Waals surface area contributed by atoms with Crippen LogP contribution >= 0.6 is 44.3 Å². The van der Waals surface area contributed by atoms with E-state index in [2.05, 4.69) is 132 Å². The van der Waals surface area contributed by atoms with Gasteiger partial charge in [0.2, 0.25) is 0 Å². The number of thiazole rings is 2. The summed E-state index contributed by atoms with van der Waals surface area (Å²) < 4.78 is 44.5. The topological polar surface area (TPSA) is 81.2 Å². The highest BCUT2D eigenvalue weighted by atomic mass is 33.1. The Morgan fingerprint density at radius 2 is 0.732 bits per heavy atom.